The molecule has 4 nitrogen and oxygen atoms in total. The number of carbonyl (C=O) groups excluding carboxylic acids is 2. The summed E-state index contributed by atoms with van der Waals surface area (Å²) in [7, 11) is 0.0435. The summed E-state index contributed by atoms with van der Waals surface area (Å²) in [5.74, 6) is 3.90. The Morgan fingerprint density at radius 1 is 1.12 bits per heavy atom. The summed E-state index contributed by atoms with van der Waals surface area (Å²) in [6, 6.07) is 1.73. The van der Waals surface area contributed by atoms with E-state index in [1.807, 2.05) is 6.92 Å². The molecule has 5 heteroatoms. The zero-order valence-electron chi connectivity index (χ0n) is 21.7. The van der Waals surface area contributed by atoms with Crippen molar-refractivity contribution in [1.29, 1.82) is 0 Å². The number of ether oxygens (including phenoxy) is 1. The van der Waals surface area contributed by atoms with Gasteiger partial charge in [-0.3, -0.25) is 9.59 Å². The molecule has 33 heavy (non-hydrogen) atoms. The third-order valence-corrected chi connectivity index (χ3v) is 13.1. The number of fused-ring (bicyclic) bond motifs is 5. The van der Waals surface area contributed by atoms with Gasteiger partial charge in [-0.1, -0.05) is 27.7 Å². The van der Waals surface area contributed by atoms with Crippen LogP contribution in [0.3, 0.4) is 0 Å². The molecule has 9 atom stereocenters. The second-order valence-electron chi connectivity index (χ2n) is 12.7. The fraction of sp³-hybridized carbons (Fsp3) is 0.929. The standard InChI is InChI=1S/C28H46O4Si/c1-6-33(31)17-19-11-13-27(3)20(15-19)16-24(29)26-22-9-8-21(18(2)7-10-25(30)32-5)28(22,4)14-12-23(26)27/h18-23,26H,6-17H2,1-5H3/t18?,19-,20+,21-,22+,23+,26+,27+,28-/m1/s1. The number of rotatable bonds is 7. The van der Waals surface area contributed by atoms with Crippen LogP contribution in [0.15, 0.2) is 0 Å². The smallest absolute Gasteiger partial charge is 0.305 e. The van der Waals surface area contributed by atoms with Crippen molar-refractivity contribution in [1.82, 2.24) is 0 Å². The van der Waals surface area contributed by atoms with Crippen LogP contribution >= 0.6 is 0 Å². The van der Waals surface area contributed by atoms with Crippen molar-refractivity contribution in [2.24, 2.45) is 52.3 Å². The van der Waals surface area contributed by atoms with E-state index in [9.17, 15) is 14.1 Å². The third kappa shape index (κ3) is 4.45. The lowest BCUT2D eigenvalue weighted by molar-refractivity contribution is -0.158. The van der Waals surface area contributed by atoms with E-state index in [4.69, 9.17) is 4.74 Å². The molecule has 0 heterocycles. The van der Waals surface area contributed by atoms with Crippen LogP contribution in [-0.2, 0) is 18.8 Å². The van der Waals surface area contributed by atoms with Crippen molar-refractivity contribution in [2.45, 2.75) is 104 Å². The predicted octanol–water partition coefficient (Wildman–Crippen LogP) is 6.47. The highest BCUT2D eigenvalue weighted by atomic mass is 28.3. The summed E-state index contributed by atoms with van der Waals surface area (Å²) in [5, 5.41) is 0. The van der Waals surface area contributed by atoms with Crippen LogP contribution in [0.2, 0.25) is 12.1 Å². The molecule has 4 fully saturated rings. The van der Waals surface area contributed by atoms with E-state index in [0.717, 1.165) is 31.4 Å². The fourth-order valence-electron chi connectivity index (χ4n) is 9.30. The maximum atomic E-state index is 13.7. The maximum absolute atomic E-state index is 13.7. The minimum absolute atomic E-state index is 0.105. The van der Waals surface area contributed by atoms with Crippen LogP contribution in [0.4, 0.5) is 0 Å². The molecule has 1 unspecified atom stereocenters. The number of carbonyl (C=O) groups is 2. The van der Waals surface area contributed by atoms with E-state index in [2.05, 4.69) is 20.8 Å². The second kappa shape index (κ2) is 9.66. The monoisotopic (exact) mass is 474 g/mol. The van der Waals surface area contributed by atoms with Gasteiger partial charge in [-0.25, -0.2) is 0 Å². The Morgan fingerprint density at radius 2 is 1.82 bits per heavy atom. The summed E-state index contributed by atoms with van der Waals surface area (Å²) in [4.78, 5) is 25.4. The average molecular weight is 475 g/mol. The SMILES string of the molecule is CC[Si](=O)C[C@@H]1CC[C@@]2(C)[C@H](CC(=O)[C@@H]3[C@@H]2CC[C@]2(C)[C@@H](C(C)CCC(=O)OC)CC[C@@H]32)C1. The van der Waals surface area contributed by atoms with Gasteiger partial charge in [0.1, 0.15) is 5.78 Å². The molecule has 4 aliphatic carbocycles. The fourth-order valence-corrected chi connectivity index (χ4v) is 10.6. The Balaban J connectivity index is 1.49. The Morgan fingerprint density at radius 3 is 2.52 bits per heavy atom. The van der Waals surface area contributed by atoms with Gasteiger partial charge in [0.05, 0.1) is 7.11 Å². The summed E-state index contributed by atoms with van der Waals surface area (Å²) in [5.41, 5.74) is 0.515. The molecule has 0 amide bonds. The molecule has 0 spiro atoms. The zero-order chi connectivity index (χ0) is 24.0. The van der Waals surface area contributed by atoms with Crippen molar-refractivity contribution in [3.8, 4) is 0 Å². The largest absolute Gasteiger partial charge is 0.469 e. The van der Waals surface area contributed by atoms with Crippen molar-refractivity contribution >= 4 is 20.4 Å². The lowest BCUT2D eigenvalue weighted by Crippen LogP contribution is -2.57. The molecule has 4 aliphatic rings. The summed E-state index contributed by atoms with van der Waals surface area (Å²) in [6.07, 6.45) is 10.5. The minimum atomic E-state index is -1.43. The number of Topliss-reactive ketones (excluding diaryl/α,β-unsaturated/α-hetero) is 1. The normalized spacial score (nSPS) is 43.2. The summed E-state index contributed by atoms with van der Waals surface area (Å²) >= 11 is 0. The molecule has 0 N–H and O–H groups in total. The molecular formula is C28H46O4Si. The van der Waals surface area contributed by atoms with Gasteiger partial charge >= 0.3 is 5.97 Å². The quantitative estimate of drug-likeness (QED) is 0.313. The van der Waals surface area contributed by atoms with Gasteiger partial charge in [-0.15, -0.1) is 0 Å². The first kappa shape index (κ1) is 25.3. The molecule has 0 aliphatic heterocycles. The van der Waals surface area contributed by atoms with E-state index in [1.54, 1.807) is 0 Å². The van der Waals surface area contributed by atoms with Crippen molar-refractivity contribution < 1.29 is 18.8 Å². The van der Waals surface area contributed by atoms with Crippen LogP contribution in [-0.4, -0.2) is 27.5 Å². The van der Waals surface area contributed by atoms with Gasteiger partial charge in [0, 0.05) is 18.8 Å². The van der Waals surface area contributed by atoms with E-state index in [-0.39, 0.29) is 22.7 Å². The Bertz CT molecular complexity index is 780. The highest BCUT2D eigenvalue weighted by molar-refractivity contribution is 6.42. The van der Waals surface area contributed by atoms with E-state index in [1.165, 1.54) is 45.6 Å². The van der Waals surface area contributed by atoms with Crippen LogP contribution in [0.25, 0.3) is 0 Å². The first-order chi connectivity index (χ1) is 15.6. The summed E-state index contributed by atoms with van der Waals surface area (Å²) < 4.78 is 17.1. The minimum Gasteiger partial charge on any atom is -0.469 e. The number of esters is 1. The highest BCUT2D eigenvalue weighted by Gasteiger charge is 2.63. The van der Waals surface area contributed by atoms with Crippen molar-refractivity contribution in [3.63, 3.8) is 0 Å². The van der Waals surface area contributed by atoms with Gasteiger partial charge in [-0.2, -0.15) is 0 Å². The topological polar surface area (TPSA) is 60.4 Å². The molecule has 4 saturated carbocycles. The summed E-state index contributed by atoms with van der Waals surface area (Å²) in [6.45, 7) is 9.35. The van der Waals surface area contributed by atoms with Crippen molar-refractivity contribution in [2.75, 3.05) is 7.11 Å². The van der Waals surface area contributed by atoms with Gasteiger partial charge in [-0.05, 0) is 110 Å². The molecule has 0 saturated heterocycles. The Labute approximate surface area is 202 Å². The number of hydrogen-bond donors (Lipinski definition) is 0. The van der Waals surface area contributed by atoms with Crippen LogP contribution in [0.5, 0.6) is 0 Å². The van der Waals surface area contributed by atoms with E-state index >= 15 is 0 Å². The van der Waals surface area contributed by atoms with Gasteiger partial charge in [0.25, 0.3) is 8.68 Å². The molecule has 0 bridgehead atoms. The van der Waals surface area contributed by atoms with Crippen LogP contribution in [0, 0.1) is 52.3 Å². The third-order valence-electron chi connectivity index (χ3n) is 11.3. The van der Waals surface area contributed by atoms with Gasteiger partial charge in [0.2, 0.25) is 0 Å². The molecule has 0 aromatic rings. The van der Waals surface area contributed by atoms with Gasteiger partial charge in [0.15, 0.2) is 0 Å². The van der Waals surface area contributed by atoms with Crippen molar-refractivity contribution in [3.05, 3.63) is 0 Å². The lowest BCUT2D eigenvalue weighted by Gasteiger charge is -2.60. The van der Waals surface area contributed by atoms with Gasteiger partial charge < -0.3 is 9.20 Å². The Kier molecular flexibility index (Phi) is 7.39. The molecular weight excluding hydrogens is 428 g/mol. The number of hydrogen-bond acceptors (Lipinski definition) is 4. The zero-order valence-corrected chi connectivity index (χ0v) is 22.7. The predicted molar refractivity (Wildman–Crippen MR) is 131 cm³/mol. The van der Waals surface area contributed by atoms with Crippen LogP contribution in [0.1, 0.15) is 91.9 Å². The second-order valence-corrected chi connectivity index (χ2v) is 14.9. The highest BCUT2D eigenvalue weighted by Crippen LogP contribution is 2.68. The van der Waals surface area contributed by atoms with Crippen LogP contribution < -0.4 is 0 Å². The first-order valence-corrected chi connectivity index (χ1v) is 15.6. The first-order valence-electron chi connectivity index (χ1n) is 13.7. The number of ketones is 1. The maximum Gasteiger partial charge on any atom is 0.305 e. The Hall–Kier alpha value is -0.843. The molecule has 0 aromatic carbocycles. The number of methoxy groups -OCH3 is 1. The lowest BCUT2D eigenvalue weighted by atomic mass is 9.43. The average Bonchev–Trinajstić information content (AvgIpc) is 3.15. The van der Waals surface area contributed by atoms with E-state index < -0.39 is 8.68 Å². The molecule has 186 valence electrons. The molecule has 4 rings (SSSR count). The van der Waals surface area contributed by atoms with E-state index in [0.29, 0.717) is 47.7 Å². The molecule has 0 aromatic heterocycles. The molecule has 0 radical (unpaired) electrons.